The van der Waals surface area contributed by atoms with E-state index in [1.165, 1.54) is 12.8 Å². The van der Waals surface area contributed by atoms with Crippen LogP contribution >= 0.6 is 7.59 Å². The van der Waals surface area contributed by atoms with Crippen LogP contribution in [0.15, 0.2) is 24.3 Å². The highest BCUT2D eigenvalue weighted by atomic mass is 31.2. The Bertz CT molecular complexity index is 649. The summed E-state index contributed by atoms with van der Waals surface area (Å²) in [7, 11) is -1.19. The average Bonchev–Trinajstić information content (AvgIpc) is 2.89. The molecule has 5 nitrogen and oxygen atoms in total. The van der Waals surface area contributed by atoms with E-state index in [0.29, 0.717) is 12.1 Å². The minimum atomic E-state index is -2.86. The molecule has 1 aromatic rings. The lowest BCUT2D eigenvalue weighted by Crippen LogP contribution is -2.43. The zero-order chi connectivity index (χ0) is 19.8. The van der Waals surface area contributed by atoms with Gasteiger partial charge in [-0.15, -0.1) is 0 Å². The zero-order valence-corrected chi connectivity index (χ0v) is 18.6. The second-order valence-electron chi connectivity index (χ2n) is 8.53. The van der Waals surface area contributed by atoms with Crippen LogP contribution in [0.1, 0.15) is 71.9 Å². The van der Waals surface area contributed by atoms with E-state index in [9.17, 15) is 4.57 Å². The summed E-state index contributed by atoms with van der Waals surface area (Å²) in [4.78, 5) is 0. The fraction of sp³-hybridized carbons (Fsp3) is 0.714. The van der Waals surface area contributed by atoms with E-state index in [2.05, 4.69) is 61.2 Å². The molecule has 0 radical (unpaired) electrons. The summed E-state index contributed by atoms with van der Waals surface area (Å²) in [5.41, 5.74) is 1.13. The highest BCUT2D eigenvalue weighted by Gasteiger charge is 2.57. The zero-order valence-electron chi connectivity index (χ0n) is 17.7. The Balaban J connectivity index is 1.93. The van der Waals surface area contributed by atoms with Crippen LogP contribution in [0.2, 0.25) is 0 Å². The predicted octanol–water partition coefficient (Wildman–Crippen LogP) is 5.20. The van der Waals surface area contributed by atoms with Gasteiger partial charge in [-0.25, -0.2) is 14.4 Å². The number of rotatable bonds is 6. The van der Waals surface area contributed by atoms with E-state index in [1.54, 1.807) is 7.11 Å². The molecule has 0 bridgehead atoms. The highest BCUT2D eigenvalue weighted by Crippen LogP contribution is 2.63. The van der Waals surface area contributed by atoms with Gasteiger partial charge in [0.15, 0.2) is 0 Å². The van der Waals surface area contributed by atoms with Crippen molar-refractivity contribution in [2.45, 2.75) is 90.5 Å². The molecule has 3 atom stereocenters. The molecule has 1 aliphatic heterocycles. The van der Waals surface area contributed by atoms with Crippen LogP contribution < -0.4 is 9.82 Å². The number of fused-ring (bicyclic) bond motifs is 1. The maximum absolute atomic E-state index is 14.5. The molecule has 1 aliphatic carbocycles. The maximum Gasteiger partial charge on any atom is 0.285 e. The molecular formula is C21H36N3O2P. The van der Waals surface area contributed by atoms with Crippen molar-refractivity contribution in [1.29, 1.82) is 0 Å². The molecule has 152 valence electrons. The Kier molecular flexibility index (Phi) is 6.37. The third-order valence-electron chi connectivity index (χ3n) is 6.04. The predicted molar refractivity (Wildman–Crippen MR) is 112 cm³/mol. The number of nitrogens with zero attached hydrogens (tertiary/aromatic N) is 2. The second kappa shape index (κ2) is 8.24. The van der Waals surface area contributed by atoms with Crippen LogP contribution in [0.4, 0.5) is 0 Å². The van der Waals surface area contributed by atoms with Crippen LogP contribution in [0, 0.1) is 0 Å². The standard InChI is InChI=1S/C21H36N3O2P/c1-15(2)23-20-9-7-8-10-21(20)24(16(3)4)27(23,25)22-17(5)18-11-13-19(26-6)14-12-18/h11-17,20-21H,7-10H2,1-6H3,(H,22,25)/t17-,20-,21-/m1/s1. The van der Waals surface area contributed by atoms with Crippen LogP contribution in [-0.4, -0.2) is 40.6 Å². The molecule has 0 aromatic heterocycles. The fourth-order valence-electron chi connectivity index (χ4n) is 4.97. The number of hydrogen-bond acceptors (Lipinski definition) is 2. The Labute approximate surface area is 165 Å². The Morgan fingerprint density at radius 2 is 1.44 bits per heavy atom. The van der Waals surface area contributed by atoms with Gasteiger partial charge in [-0.2, -0.15) is 0 Å². The largest absolute Gasteiger partial charge is 0.497 e. The van der Waals surface area contributed by atoms with Gasteiger partial charge in [0.1, 0.15) is 5.75 Å². The topological polar surface area (TPSA) is 44.8 Å². The van der Waals surface area contributed by atoms with Gasteiger partial charge in [0.25, 0.3) is 7.59 Å². The molecule has 2 fully saturated rings. The summed E-state index contributed by atoms with van der Waals surface area (Å²) < 4.78 is 24.5. The van der Waals surface area contributed by atoms with Gasteiger partial charge in [0.2, 0.25) is 0 Å². The van der Waals surface area contributed by atoms with Crippen molar-refractivity contribution in [3.8, 4) is 5.75 Å². The third-order valence-corrected chi connectivity index (χ3v) is 9.53. The lowest BCUT2D eigenvalue weighted by Gasteiger charge is -2.38. The molecule has 6 heteroatoms. The molecule has 1 saturated carbocycles. The Hall–Kier alpha value is -0.870. The van der Waals surface area contributed by atoms with Gasteiger partial charge in [-0.3, -0.25) is 4.57 Å². The number of nitrogens with one attached hydrogen (secondary N) is 1. The quantitative estimate of drug-likeness (QED) is 0.673. The van der Waals surface area contributed by atoms with Gasteiger partial charge < -0.3 is 4.74 Å². The SMILES string of the molecule is COc1ccc([C@@H](C)NP2(=O)N(C(C)C)[C@@H]3CCCC[C@H]3N2C(C)C)cc1. The lowest BCUT2D eigenvalue weighted by molar-refractivity contribution is 0.173. The normalized spacial score (nSPS) is 27.1. The minimum absolute atomic E-state index is 0.00407. The molecule has 2 aliphatic rings. The van der Waals surface area contributed by atoms with E-state index in [1.807, 2.05) is 12.1 Å². The molecule has 1 saturated heterocycles. The van der Waals surface area contributed by atoms with Gasteiger partial charge >= 0.3 is 0 Å². The summed E-state index contributed by atoms with van der Waals surface area (Å²) in [5, 5.41) is 3.59. The summed E-state index contributed by atoms with van der Waals surface area (Å²) in [5.74, 6) is 0.845. The smallest absolute Gasteiger partial charge is 0.285 e. The minimum Gasteiger partial charge on any atom is -0.497 e. The Morgan fingerprint density at radius 3 is 1.85 bits per heavy atom. The number of methoxy groups -OCH3 is 1. The second-order valence-corrected chi connectivity index (χ2v) is 10.8. The van der Waals surface area contributed by atoms with E-state index in [0.717, 1.165) is 24.2 Å². The molecule has 0 unspecified atom stereocenters. The molecule has 1 aromatic carbocycles. The van der Waals surface area contributed by atoms with Crippen LogP contribution in [0.5, 0.6) is 5.75 Å². The van der Waals surface area contributed by atoms with Gasteiger partial charge in [0, 0.05) is 30.2 Å². The summed E-state index contributed by atoms with van der Waals surface area (Å²) in [6.07, 6.45) is 4.78. The van der Waals surface area contributed by atoms with Crippen molar-refractivity contribution >= 4 is 7.59 Å². The van der Waals surface area contributed by atoms with Crippen molar-refractivity contribution in [1.82, 2.24) is 14.4 Å². The summed E-state index contributed by atoms with van der Waals surface area (Å²) in [6, 6.07) is 9.35. The lowest BCUT2D eigenvalue weighted by atomic mass is 9.89. The van der Waals surface area contributed by atoms with Gasteiger partial charge in [0.05, 0.1) is 7.11 Å². The molecule has 0 amide bonds. The first-order chi connectivity index (χ1) is 12.8. The Morgan fingerprint density at radius 1 is 0.963 bits per heavy atom. The van der Waals surface area contributed by atoms with Crippen molar-refractivity contribution in [3.05, 3.63) is 29.8 Å². The van der Waals surface area contributed by atoms with E-state index in [4.69, 9.17) is 4.74 Å². The first-order valence-electron chi connectivity index (χ1n) is 10.4. The molecule has 3 rings (SSSR count). The highest BCUT2D eigenvalue weighted by molar-refractivity contribution is 7.57. The average molecular weight is 394 g/mol. The first-order valence-corrected chi connectivity index (χ1v) is 12.0. The third kappa shape index (κ3) is 3.85. The molecular weight excluding hydrogens is 357 g/mol. The molecule has 1 N–H and O–H groups in total. The van der Waals surface area contributed by atoms with E-state index in [-0.39, 0.29) is 18.1 Å². The van der Waals surface area contributed by atoms with Crippen LogP contribution in [0.25, 0.3) is 0 Å². The van der Waals surface area contributed by atoms with Gasteiger partial charge in [-0.1, -0.05) is 25.0 Å². The monoisotopic (exact) mass is 393 g/mol. The van der Waals surface area contributed by atoms with Crippen molar-refractivity contribution in [2.75, 3.05) is 7.11 Å². The molecule has 0 spiro atoms. The van der Waals surface area contributed by atoms with E-state index >= 15 is 0 Å². The molecule has 27 heavy (non-hydrogen) atoms. The summed E-state index contributed by atoms with van der Waals surface area (Å²) in [6.45, 7) is 10.8. The summed E-state index contributed by atoms with van der Waals surface area (Å²) >= 11 is 0. The fourth-order valence-corrected chi connectivity index (χ4v) is 8.73. The van der Waals surface area contributed by atoms with Crippen molar-refractivity contribution in [2.24, 2.45) is 0 Å². The van der Waals surface area contributed by atoms with Crippen LogP contribution in [0.3, 0.4) is 0 Å². The molecule has 1 heterocycles. The maximum atomic E-state index is 14.5. The number of benzene rings is 1. The van der Waals surface area contributed by atoms with Crippen LogP contribution in [-0.2, 0) is 4.57 Å². The number of ether oxygens (including phenoxy) is 1. The van der Waals surface area contributed by atoms with Gasteiger partial charge in [-0.05, 0) is 65.2 Å². The van der Waals surface area contributed by atoms with E-state index < -0.39 is 7.59 Å². The first kappa shape index (κ1) is 20.9. The number of hydrogen-bond donors (Lipinski definition) is 1. The van der Waals surface area contributed by atoms with Crippen molar-refractivity contribution < 1.29 is 9.30 Å². The van der Waals surface area contributed by atoms with Crippen molar-refractivity contribution in [3.63, 3.8) is 0 Å².